The number of fused-ring (bicyclic) bond motifs is 2. The van der Waals surface area contributed by atoms with Crippen LogP contribution >= 0.6 is 0 Å². The molecule has 0 saturated heterocycles. The standard InChI is InChI=1S/C17H14N2O3/c1-19-15-8-12-11(10-5-3-2-4-6-10)7-14(18-21)13(12)9-16(15)22-17(19)20/h2-6,8-9,11,21H,7H2,1H3/b18-14+. The molecule has 0 amide bonds. The van der Waals surface area contributed by atoms with Crippen LogP contribution < -0.4 is 5.76 Å². The minimum Gasteiger partial charge on any atom is -0.411 e. The summed E-state index contributed by atoms with van der Waals surface area (Å²) in [5.41, 5.74) is 4.96. The lowest BCUT2D eigenvalue weighted by atomic mass is 9.93. The average molecular weight is 294 g/mol. The number of rotatable bonds is 1. The summed E-state index contributed by atoms with van der Waals surface area (Å²) in [7, 11) is 1.69. The van der Waals surface area contributed by atoms with Gasteiger partial charge in [0.1, 0.15) is 0 Å². The summed E-state index contributed by atoms with van der Waals surface area (Å²) < 4.78 is 6.72. The smallest absolute Gasteiger partial charge is 0.411 e. The van der Waals surface area contributed by atoms with Crippen LogP contribution in [0, 0.1) is 0 Å². The Hall–Kier alpha value is -2.82. The van der Waals surface area contributed by atoms with Crippen LogP contribution in [0.25, 0.3) is 11.1 Å². The Kier molecular flexibility index (Phi) is 2.69. The van der Waals surface area contributed by atoms with Gasteiger partial charge in [-0.15, -0.1) is 0 Å². The van der Waals surface area contributed by atoms with Crippen molar-refractivity contribution in [3.63, 3.8) is 0 Å². The van der Waals surface area contributed by atoms with E-state index in [-0.39, 0.29) is 5.92 Å². The van der Waals surface area contributed by atoms with Crippen LogP contribution in [0.15, 0.2) is 56.8 Å². The van der Waals surface area contributed by atoms with E-state index in [0.29, 0.717) is 17.7 Å². The highest BCUT2D eigenvalue weighted by Gasteiger charge is 2.31. The number of aromatic nitrogens is 1. The predicted molar refractivity (Wildman–Crippen MR) is 82.7 cm³/mol. The van der Waals surface area contributed by atoms with E-state index in [0.717, 1.165) is 22.2 Å². The van der Waals surface area contributed by atoms with Gasteiger partial charge in [-0.25, -0.2) is 4.79 Å². The Bertz CT molecular complexity index is 951. The van der Waals surface area contributed by atoms with Gasteiger partial charge in [-0.2, -0.15) is 0 Å². The highest BCUT2D eigenvalue weighted by Crippen LogP contribution is 2.40. The molecule has 1 aliphatic rings. The third-order valence-electron chi connectivity index (χ3n) is 4.37. The van der Waals surface area contributed by atoms with Crippen LogP contribution in [0.2, 0.25) is 0 Å². The van der Waals surface area contributed by atoms with E-state index in [1.807, 2.05) is 24.3 Å². The number of benzene rings is 2. The summed E-state index contributed by atoms with van der Waals surface area (Å²) in [5.74, 6) is -0.270. The van der Waals surface area contributed by atoms with Gasteiger partial charge in [0, 0.05) is 24.9 Å². The van der Waals surface area contributed by atoms with E-state index < -0.39 is 5.76 Å². The molecule has 2 aromatic carbocycles. The van der Waals surface area contributed by atoms with Crippen LogP contribution in [-0.2, 0) is 7.05 Å². The molecule has 0 fully saturated rings. The van der Waals surface area contributed by atoms with Crippen LogP contribution in [0.3, 0.4) is 0 Å². The van der Waals surface area contributed by atoms with Crippen molar-refractivity contribution in [2.45, 2.75) is 12.3 Å². The first-order valence-electron chi connectivity index (χ1n) is 7.08. The van der Waals surface area contributed by atoms with Crippen molar-refractivity contribution in [1.82, 2.24) is 4.57 Å². The molecule has 0 radical (unpaired) electrons. The molecule has 3 aromatic rings. The predicted octanol–water partition coefficient (Wildman–Crippen LogP) is 2.85. The molecule has 1 aliphatic carbocycles. The van der Waals surface area contributed by atoms with Gasteiger partial charge in [0.05, 0.1) is 11.2 Å². The average Bonchev–Trinajstić information content (AvgIpc) is 3.04. The molecule has 1 heterocycles. The maximum absolute atomic E-state index is 11.7. The van der Waals surface area contributed by atoms with E-state index in [2.05, 4.69) is 17.3 Å². The molecule has 110 valence electrons. The number of nitrogens with zero attached hydrogens (tertiary/aromatic N) is 2. The van der Waals surface area contributed by atoms with Gasteiger partial charge in [0.2, 0.25) is 0 Å². The van der Waals surface area contributed by atoms with E-state index in [4.69, 9.17) is 4.42 Å². The zero-order valence-corrected chi connectivity index (χ0v) is 12.0. The van der Waals surface area contributed by atoms with E-state index in [9.17, 15) is 10.0 Å². The second-order valence-electron chi connectivity index (χ2n) is 5.55. The first kappa shape index (κ1) is 12.9. The molecular formula is C17H14N2O3. The molecule has 1 atom stereocenters. The molecule has 22 heavy (non-hydrogen) atoms. The molecule has 1 aromatic heterocycles. The van der Waals surface area contributed by atoms with E-state index in [1.165, 1.54) is 4.57 Å². The van der Waals surface area contributed by atoms with Crippen LogP contribution in [0.5, 0.6) is 0 Å². The first-order valence-corrected chi connectivity index (χ1v) is 7.08. The zero-order chi connectivity index (χ0) is 15.3. The fourth-order valence-corrected chi connectivity index (χ4v) is 3.22. The highest BCUT2D eigenvalue weighted by molar-refractivity contribution is 6.07. The van der Waals surface area contributed by atoms with Crippen molar-refractivity contribution < 1.29 is 9.62 Å². The maximum Gasteiger partial charge on any atom is 0.419 e. The number of oxime groups is 1. The van der Waals surface area contributed by atoms with Crippen LogP contribution in [0.1, 0.15) is 29.0 Å². The van der Waals surface area contributed by atoms with E-state index >= 15 is 0 Å². The normalized spacial score (nSPS) is 19.0. The number of hydrogen-bond donors (Lipinski definition) is 1. The summed E-state index contributed by atoms with van der Waals surface area (Å²) in [6.07, 6.45) is 0.635. The van der Waals surface area contributed by atoms with Crippen molar-refractivity contribution >= 4 is 16.8 Å². The number of aryl methyl sites for hydroxylation is 1. The summed E-state index contributed by atoms with van der Waals surface area (Å²) in [4.78, 5) is 11.7. The molecular weight excluding hydrogens is 280 g/mol. The first-order chi connectivity index (χ1) is 10.7. The van der Waals surface area contributed by atoms with Gasteiger partial charge < -0.3 is 9.62 Å². The molecule has 0 saturated carbocycles. The van der Waals surface area contributed by atoms with Crippen molar-refractivity contribution in [3.05, 3.63) is 69.7 Å². The lowest BCUT2D eigenvalue weighted by Crippen LogP contribution is -2.08. The zero-order valence-electron chi connectivity index (χ0n) is 12.0. The third kappa shape index (κ3) is 1.72. The second kappa shape index (κ2) is 4.59. The number of hydrogen-bond acceptors (Lipinski definition) is 4. The summed E-state index contributed by atoms with van der Waals surface area (Å²) in [6, 6.07) is 13.9. The second-order valence-corrected chi connectivity index (χ2v) is 5.55. The molecule has 0 bridgehead atoms. The Balaban J connectivity index is 1.99. The molecule has 0 aliphatic heterocycles. The quantitative estimate of drug-likeness (QED) is 0.554. The van der Waals surface area contributed by atoms with Gasteiger partial charge in [0.25, 0.3) is 0 Å². The van der Waals surface area contributed by atoms with E-state index in [1.54, 1.807) is 13.1 Å². The third-order valence-corrected chi connectivity index (χ3v) is 4.37. The number of oxazole rings is 1. The van der Waals surface area contributed by atoms with Crippen molar-refractivity contribution in [3.8, 4) is 0 Å². The Labute approximate surface area is 126 Å². The Morgan fingerprint density at radius 1 is 1.27 bits per heavy atom. The van der Waals surface area contributed by atoms with Crippen molar-refractivity contribution in [2.24, 2.45) is 12.2 Å². The summed E-state index contributed by atoms with van der Waals surface area (Å²) in [6.45, 7) is 0. The minimum absolute atomic E-state index is 0.122. The molecule has 4 rings (SSSR count). The molecule has 0 spiro atoms. The molecule has 1 N–H and O–H groups in total. The molecule has 5 heteroatoms. The van der Waals surface area contributed by atoms with Crippen LogP contribution in [-0.4, -0.2) is 15.5 Å². The fraction of sp³-hybridized carbons (Fsp3) is 0.176. The Morgan fingerprint density at radius 2 is 2.05 bits per heavy atom. The van der Waals surface area contributed by atoms with Gasteiger partial charge in [0.15, 0.2) is 5.58 Å². The lowest BCUT2D eigenvalue weighted by Gasteiger charge is -2.11. The highest BCUT2D eigenvalue weighted by atomic mass is 16.4. The van der Waals surface area contributed by atoms with Crippen molar-refractivity contribution in [2.75, 3.05) is 0 Å². The van der Waals surface area contributed by atoms with Gasteiger partial charge in [-0.3, -0.25) is 4.57 Å². The minimum atomic E-state index is -0.391. The molecule has 1 unspecified atom stereocenters. The maximum atomic E-state index is 11.7. The summed E-state index contributed by atoms with van der Waals surface area (Å²) in [5, 5.41) is 12.7. The summed E-state index contributed by atoms with van der Waals surface area (Å²) >= 11 is 0. The van der Waals surface area contributed by atoms with Gasteiger partial charge in [-0.1, -0.05) is 35.5 Å². The van der Waals surface area contributed by atoms with Gasteiger partial charge in [-0.05, 0) is 23.3 Å². The van der Waals surface area contributed by atoms with Gasteiger partial charge >= 0.3 is 5.76 Å². The monoisotopic (exact) mass is 294 g/mol. The van der Waals surface area contributed by atoms with Crippen molar-refractivity contribution in [1.29, 1.82) is 0 Å². The SMILES string of the molecule is Cn1c(=O)oc2cc3c(cc21)C(c1ccccc1)C/C3=N\O. The molecule has 5 nitrogen and oxygen atoms in total. The van der Waals surface area contributed by atoms with Crippen LogP contribution in [0.4, 0.5) is 0 Å². The topological polar surface area (TPSA) is 67.7 Å². The Morgan fingerprint density at radius 3 is 2.77 bits per heavy atom. The lowest BCUT2D eigenvalue weighted by molar-refractivity contribution is 0.318. The fourth-order valence-electron chi connectivity index (χ4n) is 3.22. The largest absolute Gasteiger partial charge is 0.419 e.